The Morgan fingerprint density at radius 2 is 0.614 bits per heavy atom. The molecule has 0 unspecified atom stereocenters. The monoisotopic (exact) mass is 564 g/mol. The number of nitrogens with zero attached hydrogens (tertiary/aromatic N) is 2. The van der Waals surface area contributed by atoms with Crippen molar-refractivity contribution in [1.82, 2.24) is 0 Å². The van der Waals surface area contributed by atoms with Gasteiger partial charge in [0.25, 0.3) is 0 Å². The Hall–Kier alpha value is -5.86. The van der Waals surface area contributed by atoms with Crippen LogP contribution < -0.4 is 9.80 Å². The summed E-state index contributed by atoms with van der Waals surface area (Å²) in [6, 6.07) is 64.2. The van der Waals surface area contributed by atoms with Gasteiger partial charge in [0.15, 0.2) is 0 Å². The molecule has 2 heteroatoms. The highest BCUT2D eigenvalue weighted by Gasteiger charge is 2.13. The maximum absolute atomic E-state index is 2.31. The van der Waals surface area contributed by atoms with Crippen molar-refractivity contribution in [1.29, 1.82) is 0 Å². The van der Waals surface area contributed by atoms with Gasteiger partial charge in [-0.3, -0.25) is 0 Å². The van der Waals surface area contributed by atoms with Gasteiger partial charge in [-0.15, -0.1) is 0 Å². The minimum atomic E-state index is 1.12. The molecule has 0 atom stereocenters. The number of rotatable bonds is 8. The summed E-state index contributed by atoms with van der Waals surface area (Å²) in [5.41, 5.74) is 9.09. The van der Waals surface area contributed by atoms with Gasteiger partial charge in [-0.2, -0.15) is 0 Å². The van der Waals surface area contributed by atoms with Crippen LogP contribution in [0.1, 0.15) is 11.1 Å². The van der Waals surface area contributed by atoms with Crippen LogP contribution in [-0.2, 0) is 0 Å². The molecule has 0 radical (unpaired) electrons. The smallest absolute Gasteiger partial charge is 0.0468 e. The van der Waals surface area contributed by atoms with Gasteiger partial charge in [0.2, 0.25) is 0 Å². The first-order valence-electron chi connectivity index (χ1n) is 14.9. The average molecular weight is 565 g/mol. The Bertz CT molecular complexity index is 1940. The first kappa shape index (κ1) is 27.0. The molecule has 7 aromatic rings. The van der Waals surface area contributed by atoms with Gasteiger partial charge in [-0.05, 0) is 94.7 Å². The van der Waals surface area contributed by atoms with E-state index in [0.29, 0.717) is 0 Å². The zero-order chi connectivity index (χ0) is 29.6. The minimum absolute atomic E-state index is 1.12. The number of benzene rings is 7. The highest BCUT2D eigenvalue weighted by molar-refractivity contribution is 5.89. The molecule has 0 heterocycles. The zero-order valence-corrected chi connectivity index (χ0v) is 24.4. The number of fused-ring (bicyclic) bond motifs is 1. The third-order valence-electron chi connectivity index (χ3n) is 7.81. The summed E-state index contributed by atoms with van der Waals surface area (Å²) in [6.45, 7) is 0. The van der Waals surface area contributed by atoms with Crippen LogP contribution in [0.2, 0.25) is 0 Å². The fraction of sp³-hybridized carbons (Fsp3) is 0. The van der Waals surface area contributed by atoms with E-state index >= 15 is 0 Å². The highest BCUT2D eigenvalue weighted by atomic mass is 15.1. The Balaban J connectivity index is 1.13. The molecule has 0 bridgehead atoms. The third kappa shape index (κ3) is 5.88. The molecule has 0 fully saturated rings. The van der Waals surface area contributed by atoms with E-state index in [9.17, 15) is 0 Å². The van der Waals surface area contributed by atoms with Crippen LogP contribution in [0.3, 0.4) is 0 Å². The van der Waals surface area contributed by atoms with E-state index < -0.39 is 0 Å². The largest absolute Gasteiger partial charge is 0.311 e. The van der Waals surface area contributed by atoms with E-state index in [4.69, 9.17) is 0 Å². The molecule has 0 amide bonds. The second-order valence-electron chi connectivity index (χ2n) is 10.7. The summed E-state index contributed by atoms with van der Waals surface area (Å²) in [5, 5.41) is 2.47. The van der Waals surface area contributed by atoms with Crippen LogP contribution in [0.5, 0.6) is 0 Å². The van der Waals surface area contributed by atoms with Crippen molar-refractivity contribution < 1.29 is 0 Å². The second-order valence-corrected chi connectivity index (χ2v) is 10.7. The van der Waals surface area contributed by atoms with Gasteiger partial charge < -0.3 is 9.80 Å². The van der Waals surface area contributed by atoms with Crippen LogP contribution in [0.25, 0.3) is 22.9 Å². The van der Waals surface area contributed by atoms with E-state index in [2.05, 4.69) is 204 Å². The Morgan fingerprint density at radius 1 is 0.273 bits per heavy atom. The molecule has 0 aliphatic carbocycles. The van der Waals surface area contributed by atoms with Crippen LogP contribution in [-0.4, -0.2) is 0 Å². The maximum Gasteiger partial charge on any atom is 0.0468 e. The molecule has 0 aliphatic rings. The Morgan fingerprint density at radius 3 is 1.07 bits per heavy atom. The number of anilines is 6. The van der Waals surface area contributed by atoms with E-state index in [1.54, 1.807) is 0 Å². The molecule has 7 aromatic carbocycles. The van der Waals surface area contributed by atoms with Crippen molar-refractivity contribution in [2.24, 2.45) is 0 Å². The molecule has 0 aliphatic heterocycles. The van der Waals surface area contributed by atoms with Crippen LogP contribution >= 0.6 is 0 Å². The lowest BCUT2D eigenvalue weighted by Crippen LogP contribution is -2.09. The lowest BCUT2D eigenvalue weighted by atomic mass is 10.1. The Labute approximate surface area is 259 Å². The van der Waals surface area contributed by atoms with Crippen molar-refractivity contribution in [3.05, 3.63) is 193 Å². The fourth-order valence-electron chi connectivity index (χ4n) is 5.60. The van der Waals surface area contributed by atoms with E-state index in [-0.39, 0.29) is 0 Å². The van der Waals surface area contributed by atoms with E-state index in [0.717, 1.165) is 45.3 Å². The molecule has 2 nitrogen and oxygen atoms in total. The molecule has 0 aromatic heterocycles. The fourth-order valence-corrected chi connectivity index (χ4v) is 5.60. The molecule has 7 rings (SSSR count). The molecule has 0 N–H and O–H groups in total. The molecule has 0 saturated carbocycles. The van der Waals surface area contributed by atoms with Crippen LogP contribution in [0.15, 0.2) is 182 Å². The molecule has 0 saturated heterocycles. The predicted octanol–water partition coefficient (Wildman–Crippen LogP) is 11.9. The summed E-state index contributed by atoms with van der Waals surface area (Å²) in [5.74, 6) is 0. The van der Waals surface area contributed by atoms with Crippen molar-refractivity contribution in [2.45, 2.75) is 0 Å². The first-order valence-corrected chi connectivity index (χ1v) is 14.9. The predicted molar refractivity (Wildman–Crippen MR) is 189 cm³/mol. The summed E-state index contributed by atoms with van der Waals surface area (Å²) < 4.78 is 0. The quantitative estimate of drug-likeness (QED) is 0.169. The van der Waals surface area contributed by atoms with Crippen molar-refractivity contribution >= 4 is 57.0 Å². The van der Waals surface area contributed by atoms with Gasteiger partial charge in [-0.1, -0.05) is 121 Å². The minimum Gasteiger partial charge on any atom is -0.311 e. The highest BCUT2D eigenvalue weighted by Crippen LogP contribution is 2.37. The standard InChI is InChI=1S/C42H32N2/c1-4-14-37(15-5-1)43(38-16-6-2-7-17-38)40-27-22-33(23-28-40)20-21-34-24-29-41(30-25-34)44(39-18-8-3-9-19-39)42-31-26-35-12-10-11-13-36(35)32-42/h1-32H. The van der Waals surface area contributed by atoms with Crippen LogP contribution in [0, 0.1) is 0 Å². The number of para-hydroxylation sites is 3. The Kier molecular flexibility index (Phi) is 7.71. The van der Waals surface area contributed by atoms with Crippen molar-refractivity contribution in [3.8, 4) is 0 Å². The first-order chi connectivity index (χ1) is 21.8. The second kappa shape index (κ2) is 12.6. The SMILES string of the molecule is C(=Cc1ccc(N(c2ccccc2)c2ccc3ccccc3c2)cc1)c1ccc(N(c2ccccc2)c2ccccc2)cc1. The summed E-state index contributed by atoms with van der Waals surface area (Å²) in [6.07, 6.45) is 4.35. The third-order valence-corrected chi connectivity index (χ3v) is 7.81. The average Bonchev–Trinajstić information content (AvgIpc) is 3.10. The van der Waals surface area contributed by atoms with Gasteiger partial charge in [0.1, 0.15) is 0 Å². The van der Waals surface area contributed by atoms with E-state index in [1.165, 1.54) is 10.8 Å². The van der Waals surface area contributed by atoms with Crippen molar-refractivity contribution in [3.63, 3.8) is 0 Å². The molecule has 44 heavy (non-hydrogen) atoms. The maximum atomic E-state index is 2.31. The van der Waals surface area contributed by atoms with Gasteiger partial charge in [-0.25, -0.2) is 0 Å². The van der Waals surface area contributed by atoms with Crippen LogP contribution in [0.4, 0.5) is 34.1 Å². The van der Waals surface area contributed by atoms with E-state index in [1.807, 2.05) is 0 Å². The summed E-state index contributed by atoms with van der Waals surface area (Å²) in [7, 11) is 0. The molecular weight excluding hydrogens is 532 g/mol. The van der Waals surface area contributed by atoms with Crippen molar-refractivity contribution in [2.75, 3.05) is 9.80 Å². The van der Waals surface area contributed by atoms with Gasteiger partial charge >= 0.3 is 0 Å². The van der Waals surface area contributed by atoms with Gasteiger partial charge in [0, 0.05) is 34.1 Å². The lowest BCUT2D eigenvalue weighted by Gasteiger charge is -2.26. The topological polar surface area (TPSA) is 6.48 Å². The molecule has 210 valence electrons. The van der Waals surface area contributed by atoms with Gasteiger partial charge in [0.05, 0.1) is 0 Å². The zero-order valence-electron chi connectivity index (χ0n) is 24.4. The number of hydrogen-bond acceptors (Lipinski definition) is 2. The summed E-state index contributed by atoms with van der Waals surface area (Å²) in [4.78, 5) is 4.59. The molecular formula is C42H32N2. The normalized spacial score (nSPS) is 11.1. The molecule has 0 spiro atoms. The number of hydrogen-bond donors (Lipinski definition) is 0. The summed E-state index contributed by atoms with van der Waals surface area (Å²) >= 11 is 0. The lowest BCUT2D eigenvalue weighted by molar-refractivity contribution is 1.28.